The molecule has 2 aromatic rings. The highest BCUT2D eigenvalue weighted by atomic mass is 16.5. The molecule has 0 spiro atoms. The second-order valence-corrected chi connectivity index (χ2v) is 6.48. The molecule has 1 aliphatic rings. The highest BCUT2D eigenvalue weighted by molar-refractivity contribution is 6.00. The number of Topliss-reactive ketones (excluding diaryl/α,β-unsaturated/α-hetero) is 1. The van der Waals surface area contributed by atoms with Crippen molar-refractivity contribution < 1.29 is 29.0 Å². The maximum atomic E-state index is 13.1. The van der Waals surface area contributed by atoms with Gasteiger partial charge in [0, 0.05) is 17.5 Å². The van der Waals surface area contributed by atoms with Crippen LogP contribution in [0.3, 0.4) is 0 Å². The molecule has 1 atom stereocenters. The van der Waals surface area contributed by atoms with Gasteiger partial charge in [-0.2, -0.15) is 0 Å². The van der Waals surface area contributed by atoms with Crippen LogP contribution in [0.15, 0.2) is 48.5 Å². The number of alkyl carbamates (subject to hydrolysis) is 1. The quantitative estimate of drug-likeness (QED) is 0.741. The molecular formula is C21H21NO6. The van der Waals surface area contributed by atoms with Crippen LogP contribution in [0.25, 0.3) is 11.1 Å². The monoisotopic (exact) mass is 383 g/mol. The van der Waals surface area contributed by atoms with Crippen molar-refractivity contribution in [2.45, 2.75) is 24.5 Å². The van der Waals surface area contributed by atoms with Gasteiger partial charge in [0.15, 0.2) is 11.4 Å². The fourth-order valence-electron chi connectivity index (χ4n) is 3.56. The molecule has 7 heteroatoms. The average molecular weight is 383 g/mol. The highest BCUT2D eigenvalue weighted by Crippen LogP contribution is 2.48. The molecule has 3 rings (SSSR count). The Labute approximate surface area is 162 Å². The van der Waals surface area contributed by atoms with E-state index in [0.29, 0.717) is 11.1 Å². The van der Waals surface area contributed by atoms with Crippen LogP contribution in [0, 0.1) is 0 Å². The summed E-state index contributed by atoms with van der Waals surface area (Å²) in [6, 6.07) is 13.3. The third-order valence-corrected chi connectivity index (χ3v) is 4.95. The molecule has 2 aromatic carbocycles. The van der Waals surface area contributed by atoms with Crippen LogP contribution in [0.5, 0.6) is 0 Å². The number of ether oxygens (including phenoxy) is 2. The minimum atomic E-state index is -1.81. The summed E-state index contributed by atoms with van der Waals surface area (Å²) >= 11 is 0. The van der Waals surface area contributed by atoms with Gasteiger partial charge in [-0.25, -0.2) is 9.59 Å². The molecule has 0 unspecified atom stereocenters. The van der Waals surface area contributed by atoms with Crippen molar-refractivity contribution in [3.63, 3.8) is 0 Å². The first-order valence-corrected chi connectivity index (χ1v) is 8.80. The molecule has 0 saturated heterocycles. The lowest BCUT2D eigenvalue weighted by molar-refractivity contribution is -0.143. The fraction of sp³-hybridized carbons (Fsp3) is 0.286. The van der Waals surface area contributed by atoms with Crippen molar-refractivity contribution in [2.24, 2.45) is 0 Å². The maximum Gasteiger partial charge on any atom is 0.407 e. The van der Waals surface area contributed by atoms with E-state index in [1.54, 1.807) is 24.3 Å². The van der Waals surface area contributed by atoms with Crippen LogP contribution in [0.1, 0.15) is 24.0 Å². The molecular weight excluding hydrogens is 362 g/mol. The summed E-state index contributed by atoms with van der Waals surface area (Å²) in [6.45, 7) is 0. The Kier molecular flexibility index (Phi) is 5.46. The van der Waals surface area contributed by atoms with Crippen LogP contribution in [-0.2, 0) is 24.7 Å². The summed E-state index contributed by atoms with van der Waals surface area (Å²) in [6.07, 6.45) is -0.992. The molecule has 7 nitrogen and oxygen atoms in total. The van der Waals surface area contributed by atoms with Crippen molar-refractivity contribution >= 4 is 17.8 Å². The predicted octanol–water partition coefficient (Wildman–Crippen LogP) is 2.15. The van der Waals surface area contributed by atoms with Crippen molar-refractivity contribution in [3.05, 3.63) is 59.7 Å². The van der Waals surface area contributed by atoms with Crippen molar-refractivity contribution in [1.82, 2.24) is 5.32 Å². The number of hydrogen-bond acceptors (Lipinski definition) is 6. The Morgan fingerprint density at radius 3 is 2.00 bits per heavy atom. The second-order valence-electron chi connectivity index (χ2n) is 6.48. The Bertz CT molecular complexity index is 877. The van der Waals surface area contributed by atoms with Gasteiger partial charge in [0.2, 0.25) is 0 Å². The molecule has 1 amide bonds. The third kappa shape index (κ3) is 3.25. The van der Waals surface area contributed by atoms with E-state index in [0.717, 1.165) is 11.1 Å². The van der Waals surface area contributed by atoms with Crippen molar-refractivity contribution in [2.75, 3.05) is 14.2 Å². The number of amides is 1. The van der Waals surface area contributed by atoms with E-state index in [2.05, 4.69) is 14.8 Å². The average Bonchev–Trinajstić information content (AvgIpc) is 3.00. The Morgan fingerprint density at radius 2 is 1.50 bits per heavy atom. The highest BCUT2D eigenvalue weighted by Gasteiger charge is 2.47. The van der Waals surface area contributed by atoms with E-state index in [4.69, 9.17) is 0 Å². The van der Waals surface area contributed by atoms with Gasteiger partial charge < -0.3 is 19.9 Å². The minimum absolute atomic E-state index is 0.0345. The molecule has 2 N–H and O–H groups in total. The van der Waals surface area contributed by atoms with Crippen molar-refractivity contribution in [3.8, 4) is 11.1 Å². The van der Waals surface area contributed by atoms with Crippen LogP contribution >= 0.6 is 0 Å². The molecule has 0 fully saturated rings. The van der Waals surface area contributed by atoms with Crippen LogP contribution < -0.4 is 5.32 Å². The SMILES string of the molecule is COC(=O)N[C@@H](CCC(=O)C1(O)c2ccccc2-c2ccccc21)C(=O)OC. The molecule has 0 saturated carbocycles. The standard InChI is InChI=1S/C21H21NO6/c1-27-19(24)17(22-20(25)28-2)11-12-18(23)21(26)15-9-5-3-7-13(15)14-8-4-6-10-16(14)21/h3-10,17,26H,11-12H2,1-2H3,(H,22,25)/t17-/m0/s1. The van der Waals surface area contributed by atoms with E-state index in [1.807, 2.05) is 24.3 Å². The van der Waals surface area contributed by atoms with Gasteiger partial charge in [-0.05, 0) is 17.5 Å². The van der Waals surface area contributed by atoms with Gasteiger partial charge in [0.25, 0.3) is 0 Å². The van der Waals surface area contributed by atoms with Gasteiger partial charge in [-0.1, -0.05) is 48.5 Å². The number of benzene rings is 2. The number of rotatable bonds is 6. The first-order chi connectivity index (χ1) is 13.4. The molecule has 0 bridgehead atoms. The van der Waals surface area contributed by atoms with E-state index >= 15 is 0 Å². The first-order valence-electron chi connectivity index (χ1n) is 8.80. The Balaban J connectivity index is 1.87. The van der Waals surface area contributed by atoms with E-state index in [9.17, 15) is 19.5 Å². The molecule has 1 aliphatic carbocycles. The van der Waals surface area contributed by atoms with Crippen LogP contribution in [0.4, 0.5) is 4.79 Å². The lowest BCUT2D eigenvalue weighted by Crippen LogP contribution is -2.43. The predicted molar refractivity (Wildman–Crippen MR) is 100 cm³/mol. The summed E-state index contributed by atoms with van der Waals surface area (Å²) < 4.78 is 9.17. The van der Waals surface area contributed by atoms with Gasteiger partial charge in [-0.3, -0.25) is 4.79 Å². The molecule has 0 aliphatic heterocycles. The summed E-state index contributed by atoms with van der Waals surface area (Å²) in [4.78, 5) is 36.5. The summed E-state index contributed by atoms with van der Waals surface area (Å²) in [5.41, 5.74) is 0.810. The zero-order valence-electron chi connectivity index (χ0n) is 15.6. The number of ketones is 1. The Morgan fingerprint density at radius 1 is 0.964 bits per heavy atom. The van der Waals surface area contributed by atoms with Crippen LogP contribution in [-0.4, -0.2) is 43.2 Å². The first kappa shape index (κ1) is 19.6. The van der Waals surface area contributed by atoms with Crippen LogP contribution in [0.2, 0.25) is 0 Å². The molecule has 0 aromatic heterocycles. The maximum absolute atomic E-state index is 13.1. The summed E-state index contributed by atoms with van der Waals surface area (Å²) in [5, 5.41) is 13.8. The van der Waals surface area contributed by atoms with Crippen molar-refractivity contribution in [1.29, 1.82) is 0 Å². The zero-order chi connectivity index (χ0) is 20.3. The van der Waals surface area contributed by atoms with E-state index in [1.165, 1.54) is 14.2 Å². The zero-order valence-corrected chi connectivity index (χ0v) is 15.6. The number of methoxy groups -OCH3 is 2. The number of carbonyl (C=O) groups is 3. The lowest BCUT2D eigenvalue weighted by Gasteiger charge is -2.25. The van der Waals surface area contributed by atoms with E-state index < -0.39 is 29.5 Å². The van der Waals surface area contributed by atoms with Gasteiger partial charge in [0.1, 0.15) is 6.04 Å². The molecule has 0 radical (unpaired) electrons. The molecule has 146 valence electrons. The summed E-state index contributed by atoms with van der Waals surface area (Å²) in [5.74, 6) is -1.16. The number of aliphatic hydroxyl groups is 1. The molecule has 0 heterocycles. The number of carbonyl (C=O) groups excluding carboxylic acids is 3. The normalized spacial score (nSPS) is 14.4. The summed E-state index contributed by atoms with van der Waals surface area (Å²) in [7, 11) is 2.36. The van der Waals surface area contributed by atoms with Gasteiger partial charge >= 0.3 is 12.1 Å². The number of hydrogen-bond donors (Lipinski definition) is 2. The second kappa shape index (κ2) is 7.82. The number of nitrogens with one attached hydrogen (secondary N) is 1. The number of esters is 1. The van der Waals surface area contributed by atoms with Gasteiger partial charge in [0.05, 0.1) is 14.2 Å². The topological polar surface area (TPSA) is 102 Å². The fourth-order valence-corrected chi connectivity index (χ4v) is 3.56. The molecule has 28 heavy (non-hydrogen) atoms. The van der Waals surface area contributed by atoms with Gasteiger partial charge in [-0.15, -0.1) is 0 Å². The lowest BCUT2D eigenvalue weighted by atomic mass is 9.84. The largest absolute Gasteiger partial charge is 0.467 e. The Hall–Kier alpha value is -3.19. The minimum Gasteiger partial charge on any atom is -0.467 e. The van der Waals surface area contributed by atoms with E-state index in [-0.39, 0.29) is 12.8 Å². The number of fused-ring (bicyclic) bond motifs is 3. The third-order valence-electron chi connectivity index (χ3n) is 4.95. The smallest absolute Gasteiger partial charge is 0.407 e.